The van der Waals surface area contributed by atoms with Crippen molar-refractivity contribution in [2.24, 2.45) is 23.7 Å². The van der Waals surface area contributed by atoms with Crippen molar-refractivity contribution in [2.45, 2.75) is 37.7 Å². The molecule has 4 fully saturated rings. The largest absolute Gasteiger partial charge is 0.385 e. The summed E-state index contributed by atoms with van der Waals surface area (Å²) in [6.07, 6.45) is 6.03. The SMILES string of the molecule is OC1(c2cc(Cl)ccc2-c2ccc(Cl)cc2)C2CC3CC(C2)CC1C3. The van der Waals surface area contributed by atoms with Crippen LogP contribution in [0.15, 0.2) is 42.5 Å². The summed E-state index contributed by atoms with van der Waals surface area (Å²) >= 11 is 12.4. The molecule has 4 aliphatic carbocycles. The van der Waals surface area contributed by atoms with Gasteiger partial charge in [0.25, 0.3) is 0 Å². The van der Waals surface area contributed by atoms with E-state index in [9.17, 15) is 5.11 Å². The summed E-state index contributed by atoms with van der Waals surface area (Å²) in [4.78, 5) is 0. The predicted octanol–water partition coefficient (Wildman–Crippen LogP) is 6.30. The molecule has 1 N–H and O–H groups in total. The van der Waals surface area contributed by atoms with E-state index in [0.717, 1.165) is 59.2 Å². The van der Waals surface area contributed by atoms with E-state index in [1.54, 1.807) is 0 Å². The highest BCUT2D eigenvalue weighted by Gasteiger charge is 2.57. The molecule has 2 aromatic rings. The molecule has 4 bridgehead atoms. The third-order valence-corrected chi connectivity index (χ3v) is 7.44. The average Bonchev–Trinajstić information content (AvgIpc) is 2.60. The molecule has 25 heavy (non-hydrogen) atoms. The van der Waals surface area contributed by atoms with E-state index in [1.165, 1.54) is 6.42 Å². The Bertz CT molecular complexity index is 783. The predicted molar refractivity (Wildman–Crippen MR) is 103 cm³/mol. The second-order valence-electron chi connectivity index (χ2n) is 8.33. The monoisotopic (exact) mass is 372 g/mol. The molecular weight excluding hydrogens is 351 g/mol. The lowest BCUT2D eigenvalue weighted by atomic mass is 9.48. The van der Waals surface area contributed by atoms with E-state index in [-0.39, 0.29) is 0 Å². The molecular formula is C22H22Cl2O. The minimum absolute atomic E-state index is 0.369. The number of aliphatic hydroxyl groups is 1. The van der Waals surface area contributed by atoms with Gasteiger partial charge in [-0.2, -0.15) is 0 Å². The summed E-state index contributed by atoms with van der Waals surface area (Å²) < 4.78 is 0. The highest BCUT2D eigenvalue weighted by Crippen LogP contribution is 2.62. The molecule has 0 spiro atoms. The van der Waals surface area contributed by atoms with Crippen LogP contribution >= 0.6 is 23.2 Å². The van der Waals surface area contributed by atoms with Crippen LogP contribution in [0.2, 0.25) is 10.0 Å². The van der Waals surface area contributed by atoms with Gasteiger partial charge in [-0.1, -0.05) is 41.4 Å². The van der Waals surface area contributed by atoms with Crippen LogP contribution in [0.1, 0.15) is 37.7 Å². The summed E-state index contributed by atoms with van der Waals surface area (Å²) in [6, 6.07) is 13.9. The van der Waals surface area contributed by atoms with Gasteiger partial charge in [-0.05, 0) is 96.7 Å². The molecule has 130 valence electrons. The molecule has 0 aromatic heterocycles. The molecule has 0 atom stereocenters. The zero-order valence-electron chi connectivity index (χ0n) is 14.1. The van der Waals surface area contributed by atoms with Gasteiger partial charge in [0, 0.05) is 10.0 Å². The summed E-state index contributed by atoms with van der Waals surface area (Å²) in [6.45, 7) is 0. The van der Waals surface area contributed by atoms with E-state index < -0.39 is 5.60 Å². The van der Waals surface area contributed by atoms with E-state index in [1.807, 2.05) is 36.4 Å². The number of rotatable bonds is 2. The first kappa shape index (κ1) is 16.2. The van der Waals surface area contributed by atoms with Crippen molar-refractivity contribution in [2.75, 3.05) is 0 Å². The zero-order chi connectivity index (χ0) is 17.2. The van der Waals surface area contributed by atoms with Gasteiger partial charge in [-0.15, -0.1) is 0 Å². The van der Waals surface area contributed by atoms with E-state index in [0.29, 0.717) is 16.9 Å². The number of hydrogen-bond acceptors (Lipinski definition) is 1. The van der Waals surface area contributed by atoms with E-state index >= 15 is 0 Å². The quantitative estimate of drug-likeness (QED) is 0.655. The molecule has 0 saturated heterocycles. The second kappa shape index (κ2) is 5.74. The van der Waals surface area contributed by atoms with E-state index in [4.69, 9.17) is 23.2 Å². The topological polar surface area (TPSA) is 20.2 Å². The molecule has 6 rings (SSSR count). The second-order valence-corrected chi connectivity index (χ2v) is 9.20. The number of hydrogen-bond donors (Lipinski definition) is 1. The maximum atomic E-state index is 12.0. The third-order valence-electron chi connectivity index (χ3n) is 6.95. The fourth-order valence-electron chi connectivity index (χ4n) is 6.07. The normalized spacial score (nSPS) is 36.0. The van der Waals surface area contributed by atoms with Crippen LogP contribution in [0.3, 0.4) is 0 Å². The van der Waals surface area contributed by atoms with Gasteiger partial charge in [0.15, 0.2) is 0 Å². The third kappa shape index (κ3) is 2.47. The van der Waals surface area contributed by atoms with Crippen molar-refractivity contribution in [1.29, 1.82) is 0 Å². The maximum Gasteiger partial charge on any atom is 0.0959 e. The van der Waals surface area contributed by atoms with Crippen molar-refractivity contribution < 1.29 is 5.11 Å². The lowest BCUT2D eigenvalue weighted by molar-refractivity contribution is -0.179. The minimum atomic E-state index is -0.743. The van der Waals surface area contributed by atoms with Gasteiger partial charge in [0.05, 0.1) is 5.60 Å². The van der Waals surface area contributed by atoms with Crippen LogP contribution in [-0.2, 0) is 5.60 Å². The molecule has 0 radical (unpaired) electrons. The Morgan fingerprint density at radius 1 is 0.760 bits per heavy atom. The van der Waals surface area contributed by atoms with Crippen LogP contribution in [0.5, 0.6) is 0 Å². The summed E-state index contributed by atoms with van der Waals surface area (Å²) in [5.41, 5.74) is 2.47. The van der Waals surface area contributed by atoms with Crippen molar-refractivity contribution in [1.82, 2.24) is 0 Å². The molecule has 3 heteroatoms. The fraction of sp³-hybridized carbons (Fsp3) is 0.455. The van der Waals surface area contributed by atoms with Gasteiger partial charge >= 0.3 is 0 Å². The summed E-state index contributed by atoms with van der Waals surface area (Å²) in [5, 5.41) is 13.4. The van der Waals surface area contributed by atoms with Gasteiger partial charge < -0.3 is 5.11 Å². The molecule has 0 unspecified atom stereocenters. The van der Waals surface area contributed by atoms with Crippen molar-refractivity contribution >= 4 is 23.2 Å². The summed E-state index contributed by atoms with van der Waals surface area (Å²) in [7, 11) is 0. The Kier molecular flexibility index (Phi) is 3.71. The van der Waals surface area contributed by atoms with Gasteiger partial charge in [0.1, 0.15) is 0 Å². The van der Waals surface area contributed by atoms with E-state index in [2.05, 4.69) is 6.07 Å². The molecule has 0 aliphatic heterocycles. The first-order chi connectivity index (χ1) is 12.0. The average molecular weight is 373 g/mol. The Balaban J connectivity index is 1.66. The fourth-order valence-corrected chi connectivity index (χ4v) is 6.37. The van der Waals surface area contributed by atoms with Crippen molar-refractivity contribution in [3.63, 3.8) is 0 Å². The Hall–Kier alpha value is -1.02. The van der Waals surface area contributed by atoms with Crippen LogP contribution in [0.4, 0.5) is 0 Å². The lowest BCUT2D eigenvalue weighted by Gasteiger charge is -2.59. The van der Waals surface area contributed by atoms with Crippen LogP contribution in [0, 0.1) is 23.7 Å². The Morgan fingerprint density at radius 3 is 1.92 bits per heavy atom. The Morgan fingerprint density at radius 2 is 1.32 bits per heavy atom. The van der Waals surface area contributed by atoms with Crippen molar-refractivity contribution in [3.8, 4) is 11.1 Å². The molecule has 0 heterocycles. The molecule has 4 aliphatic rings. The maximum absolute atomic E-state index is 12.0. The van der Waals surface area contributed by atoms with Gasteiger partial charge in [-0.25, -0.2) is 0 Å². The first-order valence-corrected chi connectivity index (χ1v) is 10.1. The molecule has 4 saturated carbocycles. The standard InChI is InChI=1S/C22H22Cl2O/c23-18-3-1-15(2-4-18)20-6-5-19(24)12-21(20)22(25)16-8-13-7-14(10-16)11-17(22)9-13/h1-6,12-14,16-17,25H,7-11H2. The lowest BCUT2D eigenvalue weighted by Crippen LogP contribution is -2.55. The van der Waals surface area contributed by atoms with Crippen LogP contribution in [-0.4, -0.2) is 5.11 Å². The highest BCUT2D eigenvalue weighted by atomic mass is 35.5. The number of benzene rings is 2. The summed E-state index contributed by atoms with van der Waals surface area (Å²) in [5.74, 6) is 2.38. The highest BCUT2D eigenvalue weighted by molar-refractivity contribution is 6.31. The molecule has 1 nitrogen and oxygen atoms in total. The molecule has 2 aromatic carbocycles. The first-order valence-electron chi connectivity index (χ1n) is 9.32. The molecule has 0 amide bonds. The van der Waals surface area contributed by atoms with Crippen LogP contribution < -0.4 is 0 Å². The van der Waals surface area contributed by atoms with Crippen LogP contribution in [0.25, 0.3) is 11.1 Å². The Labute approximate surface area is 159 Å². The van der Waals surface area contributed by atoms with Gasteiger partial charge in [0.2, 0.25) is 0 Å². The number of halogens is 2. The van der Waals surface area contributed by atoms with Gasteiger partial charge in [-0.3, -0.25) is 0 Å². The smallest absolute Gasteiger partial charge is 0.0959 e. The van der Waals surface area contributed by atoms with Crippen molar-refractivity contribution in [3.05, 3.63) is 58.1 Å². The zero-order valence-corrected chi connectivity index (χ0v) is 15.6. The minimum Gasteiger partial charge on any atom is -0.385 e.